The van der Waals surface area contributed by atoms with Gasteiger partial charge in [0.25, 0.3) is 0 Å². The van der Waals surface area contributed by atoms with Crippen LogP contribution in [-0.4, -0.2) is 5.91 Å². The molecule has 0 aromatic heterocycles. The molecule has 0 saturated carbocycles. The Morgan fingerprint density at radius 3 is 2.48 bits per heavy atom. The minimum atomic E-state index is 0.0145. The Morgan fingerprint density at radius 2 is 1.62 bits per heavy atom. The number of amides is 1. The van der Waals surface area contributed by atoms with E-state index in [1.807, 2.05) is 55.5 Å². The molecular formula is C19H17NO. The Kier molecular flexibility index (Phi) is 3.69. The predicted octanol–water partition coefficient (Wildman–Crippen LogP) is 4.33. The summed E-state index contributed by atoms with van der Waals surface area (Å²) in [7, 11) is 0. The molecule has 0 atom stereocenters. The van der Waals surface area contributed by atoms with E-state index in [1.165, 1.54) is 5.39 Å². The zero-order valence-electron chi connectivity index (χ0n) is 12.0. The summed E-state index contributed by atoms with van der Waals surface area (Å²) in [5, 5.41) is 5.29. The van der Waals surface area contributed by atoms with Crippen molar-refractivity contribution in [2.75, 3.05) is 5.32 Å². The molecule has 1 amide bonds. The first-order chi connectivity index (χ1) is 10.2. The lowest BCUT2D eigenvalue weighted by Crippen LogP contribution is -2.15. The number of rotatable bonds is 3. The molecule has 0 radical (unpaired) electrons. The number of carbonyl (C=O) groups excluding carboxylic acids is 1. The molecule has 3 aromatic carbocycles. The van der Waals surface area contributed by atoms with Crippen LogP contribution in [0.1, 0.15) is 11.1 Å². The lowest BCUT2D eigenvalue weighted by Gasteiger charge is -2.09. The summed E-state index contributed by atoms with van der Waals surface area (Å²) in [5.41, 5.74) is 3.01. The quantitative estimate of drug-likeness (QED) is 0.757. The van der Waals surface area contributed by atoms with Crippen molar-refractivity contribution in [1.82, 2.24) is 0 Å². The lowest BCUT2D eigenvalue weighted by atomic mass is 10.0. The number of aryl methyl sites for hydroxylation is 1. The van der Waals surface area contributed by atoms with Gasteiger partial charge < -0.3 is 5.32 Å². The van der Waals surface area contributed by atoms with Gasteiger partial charge in [-0.1, -0.05) is 60.7 Å². The van der Waals surface area contributed by atoms with E-state index in [0.717, 1.165) is 22.2 Å². The van der Waals surface area contributed by atoms with Gasteiger partial charge in [0.15, 0.2) is 0 Å². The zero-order valence-corrected chi connectivity index (χ0v) is 12.0. The summed E-state index contributed by atoms with van der Waals surface area (Å²) < 4.78 is 0. The standard InChI is InChI=1S/C19H17NO/c1-14-7-2-5-12-18(14)20-19(21)13-16-10-6-9-15-8-3-4-11-17(15)16/h2-12H,13H2,1H3,(H,20,21). The maximum atomic E-state index is 12.3. The van der Waals surface area contributed by atoms with Gasteiger partial charge >= 0.3 is 0 Å². The Bertz CT molecular complexity index is 787. The molecule has 21 heavy (non-hydrogen) atoms. The van der Waals surface area contributed by atoms with Crippen LogP contribution in [0.5, 0.6) is 0 Å². The van der Waals surface area contributed by atoms with Gasteiger partial charge in [0.1, 0.15) is 0 Å². The molecule has 0 aliphatic rings. The SMILES string of the molecule is Cc1ccccc1NC(=O)Cc1cccc2ccccc12. The first kappa shape index (κ1) is 13.4. The van der Waals surface area contributed by atoms with Gasteiger partial charge in [-0.25, -0.2) is 0 Å². The number of hydrogen-bond donors (Lipinski definition) is 1. The number of para-hydroxylation sites is 1. The van der Waals surface area contributed by atoms with E-state index in [0.29, 0.717) is 6.42 Å². The van der Waals surface area contributed by atoms with Crippen LogP contribution in [0.3, 0.4) is 0 Å². The maximum Gasteiger partial charge on any atom is 0.228 e. The first-order valence-electron chi connectivity index (χ1n) is 7.06. The number of anilines is 1. The van der Waals surface area contributed by atoms with Gasteiger partial charge in [0, 0.05) is 5.69 Å². The largest absolute Gasteiger partial charge is 0.326 e. The van der Waals surface area contributed by atoms with Crippen molar-refractivity contribution in [3.8, 4) is 0 Å². The second kappa shape index (κ2) is 5.80. The molecule has 0 fully saturated rings. The molecule has 2 heteroatoms. The third kappa shape index (κ3) is 2.95. The second-order valence-corrected chi connectivity index (χ2v) is 5.18. The van der Waals surface area contributed by atoms with Gasteiger partial charge in [0.2, 0.25) is 5.91 Å². The highest BCUT2D eigenvalue weighted by molar-refractivity contribution is 5.96. The molecule has 0 unspecified atom stereocenters. The number of nitrogens with one attached hydrogen (secondary N) is 1. The average Bonchev–Trinajstić information content (AvgIpc) is 2.50. The first-order valence-corrected chi connectivity index (χ1v) is 7.06. The molecular weight excluding hydrogens is 258 g/mol. The molecule has 0 aliphatic carbocycles. The van der Waals surface area contributed by atoms with Crippen molar-refractivity contribution >= 4 is 22.4 Å². The van der Waals surface area contributed by atoms with Gasteiger partial charge in [-0.3, -0.25) is 4.79 Å². The van der Waals surface area contributed by atoms with Gasteiger partial charge in [0.05, 0.1) is 6.42 Å². The molecule has 3 aromatic rings. The van der Waals surface area contributed by atoms with E-state index < -0.39 is 0 Å². The fourth-order valence-corrected chi connectivity index (χ4v) is 2.53. The van der Waals surface area contributed by atoms with E-state index in [4.69, 9.17) is 0 Å². The molecule has 0 aliphatic heterocycles. The van der Waals surface area contributed by atoms with Crippen molar-refractivity contribution in [2.24, 2.45) is 0 Å². The molecule has 0 bridgehead atoms. The topological polar surface area (TPSA) is 29.1 Å². The number of benzene rings is 3. The monoisotopic (exact) mass is 275 g/mol. The van der Waals surface area contributed by atoms with Gasteiger partial charge in [-0.2, -0.15) is 0 Å². The molecule has 3 rings (SSSR count). The third-order valence-corrected chi connectivity index (χ3v) is 3.65. The Labute approximate surface area is 124 Å². The number of hydrogen-bond acceptors (Lipinski definition) is 1. The lowest BCUT2D eigenvalue weighted by molar-refractivity contribution is -0.115. The summed E-state index contributed by atoms with van der Waals surface area (Å²) in [5.74, 6) is 0.0145. The molecule has 2 nitrogen and oxygen atoms in total. The average molecular weight is 275 g/mol. The van der Waals surface area contributed by atoms with Crippen molar-refractivity contribution < 1.29 is 4.79 Å². The van der Waals surface area contributed by atoms with Crippen LogP contribution in [0.2, 0.25) is 0 Å². The van der Waals surface area contributed by atoms with Crippen molar-refractivity contribution in [1.29, 1.82) is 0 Å². The summed E-state index contributed by atoms with van der Waals surface area (Å²) in [6, 6.07) is 22.0. The third-order valence-electron chi connectivity index (χ3n) is 3.65. The van der Waals surface area contributed by atoms with Crippen molar-refractivity contribution in [2.45, 2.75) is 13.3 Å². The number of fused-ring (bicyclic) bond motifs is 1. The highest BCUT2D eigenvalue weighted by Gasteiger charge is 2.08. The molecule has 0 saturated heterocycles. The molecule has 104 valence electrons. The normalized spacial score (nSPS) is 10.5. The van der Waals surface area contributed by atoms with Crippen LogP contribution in [0.15, 0.2) is 66.7 Å². The predicted molar refractivity (Wildman–Crippen MR) is 87.5 cm³/mol. The van der Waals surface area contributed by atoms with Gasteiger partial charge in [-0.15, -0.1) is 0 Å². The Hall–Kier alpha value is -2.61. The summed E-state index contributed by atoms with van der Waals surface area (Å²) in [6.07, 6.45) is 0.385. The van der Waals surface area contributed by atoms with E-state index >= 15 is 0 Å². The van der Waals surface area contributed by atoms with Crippen LogP contribution in [0.25, 0.3) is 10.8 Å². The second-order valence-electron chi connectivity index (χ2n) is 5.18. The van der Waals surface area contributed by atoms with E-state index in [1.54, 1.807) is 0 Å². The van der Waals surface area contributed by atoms with Crippen molar-refractivity contribution in [3.05, 3.63) is 77.9 Å². The summed E-state index contributed by atoms with van der Waals surface area (Å²) in [6.45, 7) is 1.99. The van der Waals surface area contributed by atoms with Gasteiger partial charge in [-0.05, 0) is 34.9 Å². The fourth-order valence-electron chi connectivity index (χ4n) is 2.53. The van der Waals surface area contributed by atoms with E-state index in [9.17, 15) is 4.79 Å². The maximum absolute atomic E-state index is 12.3. The smallest absolute Gasteiger partial charge is 0.228 e. The minimum Gasteiger partial charge on any atom is -0.326 e. The minimum absolute atomic E-state index is 0.0145. The summed E-state index contributed by atoms with van der Waals surface area (Å²) >= 11 is 0. The van der Waals surface area contributed by atoms with Crippen LogP contribution in [-0.2, 0) is 11.2 Å². The van der Waals surface area contributed by atoms with Crippen LogP contribution in [0.4, 0.5) is 5.69 Å². The number of carbonyl (C=O) groups is 1. The van der Waals surface area contributed by atoms with E-state index in [2.05, 4.69) is 23.5 Å². The molecule has 1 N–H and O–H groups in total. The highest BCUT2D eigenvalue weighted by atomic mass is 16.1. The summed E-state index contributed by atoms with van der Waals surface area (Å²) in [4.78, 5) is 12.3. The van der Waals surface area contributed by atoms with Crippen molar-refractivity contribution in [3.63, 3.8) is 0 Å². The van der Waals surface area contributed by atoms with Crippen LogP contribution >= 0.6 is 0 Å². The molecule has 0 heterocycles. The Morgan fingerprint density at radius 1 is 0.905 bits per heavy atom. The van der Waals surface area contributed by atoms with Crippen LogP contribution in [0, 0.1) is 6.92 Å². The fraction of sp³-hybridized carbons (Fsp3) is 0.105. The molecule has 0 spiro atoms. The van der Waals surface area contributed by atoms with E-state index in [-0.39, 0.29) is 5.91 Å². The zero-order chi connectivity index (χ0) is 14.7. The Balaban J connectivity index is 1.82. The highest BCUT2D eigenvalue weighted by Crippen LogP contribution is 2.20. The van der Waals surface area contributed by atoms with Crippen LogP contribution < -0.4 is 5.32 Å².